The molecule has 1 fully saturated rings. The number of aliphatic hydroxyl groups is 1. The zero-order valence-corrected chi connectivity index (χ0v) is 18.5. The Labute approximate surface area is 194 Å². The summed E-state index contributed by atoms with van der Waals surface area (Å²) in [7, 11) is 0. The molecule has 14 heteroatoms. The molecule has 1 aliphatic heterocycles. The van der Waals surface area contributed by atoms with E-state index < -0.39 is 24.3 Å². The van der Waals surface area contributed by atoms with E-state index in [0.29, 0.717) is 0 Å². The summed E-state index contributed by atoms with van der Waals surface area (Å²) in [6, 6.07) is 8.68. The molecule has 0 bridgehead atoms. The third-order valence-electron chi connectivity index (χ3n) is 4.46. The second-order valence-electron chi connectivity index (χ2n) is 7.07. The molecule has 0 radical (unpaired) electrons. The lowest BCUT2D eigenvalue weighted by Crippen LogP contribution is -2.36. The van der Waals surface area contributed by atoms with Crippen molar-refractivity contribution in [3.8, 4) is 0 Å². The minimum atomic E-state index is -5.08. The van der Waals surface area contributed by atoms with E-state index in [1.807, 2.05) is 35.9 Å². The van der Waals surface area contributed by atoms with Gasteiger partial charge in [0.25, 0.3) is 0 Å². The van der Waals surface area contributed by atoms with Gasteiger partial charge in [-0.25, -0.2) is 9.59 Å². The second-order valence-corrected chi connectivity index (χ2v) is 8.44. The fourth-order valence-electron chi connectivity index (χ4n) is 2.89. The van der Waals surface area contributed by atoms with E-state index in [-0.39, 0.29) is 12.1 Å². The topological polar surface area (TPSA) is 111 Å². The van der Waals surface area contributed by atoms with Crippen LogP contribution in [0.3, 0.4) is 0 Å². The normalized spacial score (nSPS) is 18.4. The molecule has 190 valence electrons. The molecule has 2 aromatic rings. The van der Waals surface area contributed by atoms with Gasteiger partial charge in [-0.15, -0.1) is 11.3 Å². The van der Waals surface area contributed by atoms with Crippen LogP contribution >= 0.6 is 11.3 Å². The first-order chi connectivity index (χ1) is 15.6. The maximum atomic E-state index is 10.6. The van der Waals surface area contributed by atoms with Crippen LogP contribution in [0, 0.1) is 6.92 Å². The number of thiophene rings is 1. The van der Waals surface area contributed by atoms with Gasteiger partial charge >= 0.3 is 24.3 Å². The van der Waals surface area contributed by atoms with Crippen molar-refractivity contribution >= 4 is 23.3 Å². The number of hydrogen-bond acceptors (Lipinski definition) is 6. The number of carboxylic acid groups (broad SMARTS) is 2. The van der Waals surface area contributed by atoms with Gasteiger partial charge in [0.15, 0.2) is 0 Å². The molecule has 3 rings (SSSR count). The van der Waals surface area contributed by atoms with Crippen LogP contribution in [0.1, 0.15) is 21.7 Å². The van der Waals surface area contributed by atoms with Gasteiger partial charge in [0.2, 0.25) is 0 Å². The third kappa shape index (κ3) is 10.5. The fourth-order valence-corrected chi connectivity index (χ4v) is 3.81. The SMILES string of the molecule is Cc1ccc(CN2CC[C@H](O)[C@@H]2Cc2ccncc2)s1.O=C(O)C(F)(F)F.O=C(O)C(F)(F)F. The number of rotatable bonds is 4. The number of nitrogens with zero attached hydrogens (tertiary/aromatic N) is 2. The molecular weight excluding hydrogens is 494 g/mol. The monoisotopic (exact) mass is 516 g/mol. The molecule has 1 aliphatic rings. The number of carbonyl (C=O) groups is 2. The van der Waals surface area contributed by atoms with Crippen LogP contribution in [0.5, 0.6) is 0 Å². The van der Waals surface area contributed by atoms with E-state index in [1.54, 1.807) is 0 Å². The Balaban J connectivity index is 0.000000343. The largest absolute Gasteiger partial charge is 0.490 e. The van der Waals surface area contributed by atoms with Gasteiger partial charge in [-0.05, 0) is 49.6 Å². The molecule has 7 nitrogen and oxygen atoms in total. The number of aliphatic hydroxyl groups excluding tert-OH is 1. The molecule has 0 saturated carbocycles. The molecule has 3 N–H and O–H groups in total. The van der Waals surface area contributed by atoms with Crippen molar-refractivity contribution < 1.29 is 51.3 Å². The van der Waals surface area contributed by atoms with Crippen LogP contribution in [0.25, 0.3) is 0 Å². The molecule has 2 aromatic heterocycles. The number of carboxylic acids is 2. The summed E-state index contributed by atoms with van der Waals surface area (Å²) in [6.45, 7) is 4.07. The van der Waals surface area contributed by atoms with Crippen LogP contribution in [-0.2, 0) is 22.6 Å². The number of aromatic nitrogens is 1. The molecule has 3 heterocycles. The van der Waals surface area contributed by atoms with Crippen molar-refractivity contribution in [2.45, 2.75) is 50.8 Å². The highest BCUT2D eigenvalue weighted by molar-refractivity contribution is 7.11. The average molecular weight is 516 g/mol. The van der Waals surface area contributed by atoms with Crippen LogP contribution in [0.4, 0.5) is 26.3 Å². The second kappa shape index (κ2) is 12.7. The highest BCUT2D eigenvalue weighted by Crippen LogP contribution is 2.26. The highest BCUT2D eigenvalue weighted by Gasteiger charge is 2.39. The number of likely N-dealkylation sites (tertiary alicyclic amines) is 1. The van der Waals surface area contributed by atoms with Crippen LogP contribution < -0.4 is 0 Å². The Morgan fingerprint density at radius 3 is 1.94 bits per heavy atom. The van der Waals surface area contributed by atoms with E-state index in [9.17, 15) is 31.4 Å². The smallest absolute Gasteiger partial charge is 0.475 e. The molecule has 0 aromatic carbocycles. The molecule has 1 saturated heterocycles. The van der Waals surface area contributed by atoms with E-state index >= 15 is 0 Å². The minimum Gasteiger partial charge on any atom is -0.475 e. The Bertz CT molecular complexity index is 896. The summed E-state index contributed by atoms with van der Waals surface area (Å²) in [5.41, 5.74) is 1.25. The predicted octanol–water partition coefficient (Wildman–Crippen LogP) is 3.90. The molecule has 0 spiro atoms. The summed E-state index contributed by atoms with van der Waals surface area (Å²) < 4.78 is 63.5. The quantitative estimate of drug-likeness (QED) is 0.529. The molecule has 34 heavy (non-hydrogen) atoms. The van der Waals surface area contributed by atoms with Gasteiger partial charge in [-0.3, -0.25) is 9.88 Å². The number of halogens is 6. The molecule has 0 amide bonds. The van der Waals surface area contributed by atoms with Crippen molar-refractivity contribution in [3.63, 3.8) is 0 Å². The Hall–Kier alpha value is -2.71. The summed E-state index contributed by atoms with van der Waals surface area (Å²) in [4.78, 5) is 27.0. The maximum absolute atomic E-state index is 10.6. The third-order valence-corrected chi connectivity index (χ3v) is 5.44. The van der Waals surface area contributed by atoms with Crippen molar-refractivity contribution in [1.82, 2.24) is 9.88 Å². The standard InChI is InChI=1S/C16H20N2OS.2C2HF3O2/c1-12-2-3-14(20-12)11-18-9-6-16(19)15(18)10-13-4-7-17-8-5-13;2*3-2(4,5)1(6)7/h2-5,7-8,15-16,19H,6,9-11H2,1H3;2*(H,6,7)/t15-,16-;;/m0../s1. The summed E-state index contributed by atoms with van der Waals surface area (Å²) in [6.07, 6.45) is -4.97. The van der Waals surface area contributed by atoms with Crippen molar-refractivity contribution in [1.29, 1.82) is 0 Å². The first kappa shape index (κ1) is 29.3. The van der Waals surface area contributed by atoms with Gasteiger partial charge in [-0.2, -0.15) is 26.3 Å². The fraction of sp³-hybridized carbons (Fsp3) is 0.450. The number of alkyl halides is 6. The van der Waals surface area contributed by atoms with E-state index in [2.05, 4.69) is 28.9 Å². The molecule has 0 unspecified atom stereocenters. The first-order valence-corrected chi connectivity index (χ1v) is 10.4. The Kier molecular flexibility index (Phi) is 10.9. The summed E-state index contributed by atoms with van der Waals surface area (Å²) >= 11 is 1.85. The number of pyridine rings is 1. The van der Waals surface area contributed by atoms with Gasteiger partial charge in [0.05, 0.1) is 6.10 Å². The minimum absolute atomic E-state index is 0.218. The van der Waals surface area contributed by atoms with Gasteiger partial charge in [0, 0.05) is 41.3 Å². The van der Waals surface area contributed by atoms with Gasteiger partial charge in [-0.1, -0.05) is 0 Å². The lowest BCUT2D eigenvalue weighted by molar-refractivity contribution is -0.193. The Morgan fingerprint density at radius 1 is 1.03 bits per heavy atom. The molecular formula is C20H22F6N2O5S. The van der Waals surface area contributed by atoms with E-state index in [1.165, 1.54) is 15.3 Å². The van der Waals surface area contributed by atoms with E-state index in [0.717, 1.165) is 25.9 Å². The van der Waals surface area contributed by atoms with Crippen LogP contribution in [0.15, 0.2) is 36.7 Å². The van der Waals surface area contributed by atoms with Crippen molar-refractivity contribution in [2.75, 3.05) is 6.54 Å². The number of aryl methyl sites for hydroxylation is 1. The van der Waals surface area contributed by atoms with Crippen molar-refractivity contribution in [2.24, 2.45) is 0 Å². The lowest BCUT2D eigenvalue weighted by atomic mass is 10.0. The first-order valence-electron chi connectivity index (χ1n) is 9.57. The zero-order valence-electron chi connectivity index (χ0n) is 17.7. The zero-order chi connectivity index (χ0) is 26.1. The summed E-state index contributed by atoms with van der Waals surface area (Å²) in [5, 5.41) is 24.5. The van der Waals surface area contributed by atoms with Crippen LogP contribution in [-0.4, -0.2) is 68.2 Å². The van der Waals surface area contributed by atoms with Gasteiger partial charge in [0.1, 0.15) is 0 Å². The highest BCUT2D eigenvalue weighted by atomic mass is 32.1. The Morgan fingerprint density at radius 2 is 1.53 bits per heavy atom. The van der Waals surface area contributed by atoms with Gasteiger partial charge < -0.3 is 15.3 Å². The molecule has 0 aliphatic carbocycles. The summed E-state index contributed by atoms with van der Waals surface area (Å²) in [5.74, 6) is -5.51. The number of hydrogen-bond donors (Lipinski definition) is 3. The van der Waals surface area contributed by atoms with Crippen molar-refractivity contribution in [3.05, 3.63) is 52.0 Å². The van der Waals surface area contributed by atoms with E-state index in [4.69, 9.17) is 19.8 Å². The average Bonchev–Trinajstić information content (AvgIpc) is 3.28. The lowest BCUT2D eigenvalue weighted by Gasteiger charge is -2.25. The molecule has 2 atom stereocenters. The predicted molar refractivity (Wildman–Crippen MR) is 109 cm³/mol. The van der Waals surface area contributed by atoms with Crippen LogP contribution in [0.2, 0.25) is 0 Å². The maximum Gasteiger partial charge on any atom is 0.490 e. The number of aliphatic carboxylic acids is 2.